The van der Waals surface area contributed by atoms with Gasteiger partial charge in [0.05, 0.1) is 18.2 Å². The van der Waals surface area contributed by atoms with Crippen molar-refractivity contribution >= 4 is 5.91 Å². The molecule has 1 aromatic carbocycles. The second-order valence-corrected chi connectivity index (χ2v) is 5.37. The van der Waals surface area contributed by atoms with E-state index in [9.17, 15) is 9.18 Å². The van der Waals surface area contributed by atoms with Gasteiger partial charge in [-0.25, -0.2) is 4.39 Å². The lowest BCUT2D eigenvalue weighted by Gasteiger charge is -2.18. The van der Waals surface area contributed by atoms with Crippen LogP contribution in [0.3, 0.4) is 0 Å². The highest BCUT2D eigenvalue weighted by Gasteiger charge is 2.25. The molecule has 6 heteroatoms. The van der Waals surface area contributed by atoms with E-state index < -0.39 is 5.82 Å². The lowest BCUT2D eigenvalue weighted by molar-refractivity contribution is 0.0933. The minimum atomic E-state index is -0.435. The smallest absolute Gasteiger partial charge is 0.255 e. The summed E-state index contributed by atoms with van der Waals surface area (Å²) in [4.78, 5) is 12.5. The van der Waals surface area contributed by atoms with Crippen LogP contribution in [-0.4, -0.2) is 12.5 Å². The number of carbonyl (C=O) groups excluding carboxylic acids is 1. The first-order valence-electron chi connectivity index (χ1n) is 7.32. The molecule has 23 heavy (non-hydrogen) atoms. The van der Waals surface area contributed by atoms with Crippen LogP contribution in [0, 0.1) is 24.1 Å². The normalized spacial score (nSPS) is 16.7. The average Bonchev–Trinajstić information content (AvgIpc) is 2.80. The molecule has 0 aliphatic carbocycles. The summed E-state index contributed by atoms with van der Waals surface area (Å²) in [5.74, 6) is -0.131. The summed E-state index contributed by atoms with van der Waals surface area (Å²) in [6.07, 6.45) is 1.34. The van der Waals surface area contributed by atoms with Crippen molar-refractivity contribution in [3.63, 3.8) is 0 Å². The largest absolute Gasteiger partial charge is 0.490 e. The number of nitrogens with zero attached hydrogens (tertiary/aromatic N) is 1. The van der Waals surface area contributed by atoms with Crippen LogP contribution in [0.15, 0.2) is 28.7 Å². The molecule has 2 heterocycles. The van der Waals surface area contributed by atoms with Crippen molar-refractivity contribution in [2.75, 3.05) is 6.61 Å². The van der Waals surface area contributed by atoms with Crippen LogP contribution >= 0.6 is 0 Å². The Morgan fingerprint density at radius 1 is 1.48 bits per heavy atom. The summed E-state index contributed by atoms with van der Waals surface area (Å²) < 4.78 is 24.5. The number of aryl methyl sites for hydroxylation is 1. The minimum Gasteiger partial charge on any atom is -0.490 e. The first-order valence-corrected chi connectivity index (χ1v) is 7.32. The monoisotopic (exact) mass is 314 g/mol. The van der Waals surface area contributed by atoms with Crippen LogP contribution in [0.2, 0.25) is 0 Å². The molecule has 0 saturated carbocycles. The third-order valence-corrected chi connectivity index (χ3v) is 3.83. The van der Waals surface area contributed by atoms with Crippen LogP contribution < -0.4 is 10.1 Å². The van der Waals surface area contributed by atoms with Gasteiger partial charge in [0.2, 0.25) is 5.76 Å². The molecule has 1 amide bonds. The topological polar surface area (TPSA) is 75.3 Å². The lowest BCUT2D eigenvalue weighted by atomic mass is 10.0. The maximum atomic E-state index is 13.9. The first kappa shape index (κ1) is 15.1. The summed E-state index contributed by atoms with van der Waals surface area (Å²) >= 11 is 0. The Morgan fingerprint density at radius 2 is 2.30 bits per heavy atom. The van der Waals surface area contributed by atoms with Gasteiger partial charge in [-0.05, 0) is 25.8 Å². The highest BCUT2D eigenvalue weighted by atomic mass is 19.1. The van der Waals surface area contributed by atoms with Crippen molar-refractivity contribution in [3.05, 3.63) is 52.7 Å². The number of para-hydroxylation sites is 1. The number of nitriles is 1. The quantitative estimate of drug-likeness (QED) is 0.923. The molecule has 3 rings (SSSR count). The fourth-order valence-electron chi connectivity index (χ4n) is 2.72. The van der Waals surface area contributed by atoms with E-state index in [-0.39, 0.29) is 23.5 Å². The van der Waals surface area contributed by atoms with Gasteiger partial charge in [0.1, 0.15) is 11.8 Å². The molecule has 2 aromatic rings. The number of halogens is 1. The van der Waals surface area contributed by atoms with Gasteiger partial charge in [-0.1, -0.05) is 12.1 Å². The second kappa shape index (κ2) is 6.13. The molecule has 1 atom stereocenters. The highest BCUT2D eigenvalue weighted by Crippen LogP contribution is 2.33. The third-order valence-electron chi connectivity index (χ3n) is 3.83. The van der Waals surface area contributed by atoms with E-state index >= 15 is 0 Å². The van der Waals surface area contributed by atoms with Gasteiger partial charge in [0, 0.05) is 11.6 Å². The van der Waals surface area contributed by atoms with E-state index in [0.29, 0.717) is 36.3 Å². The molecule has 0 radical (unpaired) electrons. The molecule has 0 fully saturated rings. The van der Waals surface area contributed by atoms with E-state index in [1.807, 2.05) is 6.07 Å². The molecular formula is C17H15FN2O3. The van der Waals surface area contributed by atoms with Crippen molar-refractivity contribution in [2.24, 2.45) is 0 Å². The minimum absolute atomic E-state index is 0.0864. The van der Waals surface area contributed by atoms with Crippen LogP contribution in [0.25, 0.3) is 0 Å². The van der Waals surface area contributed by atoms with E-state index in [4.69, 9.17) is 14.4 Å². The van der Waals surface area contributed by atoms with Gasteiger partial charge >= 0.3 is 0 Å². The Kier molecular flexibility index (Phi) is 4.02. The predicted octanol–water partition coefficient (Wildman–Crippen LogP) is 3.24. The summed E-state index contributed by atoms with van der Waals surface area (Å²) in [5.41, 5.74) is 0.933. The van der Waals surface area contributed by atoms with Gasteiger partial charge in [-0.15, -0.1) is 0 Å². The van der Waals surface area contributed by atoms with E-state index in [1.54, 1.807) is 19.1 Å². The Balaban J connectivity index is 1.88. The number of benzene rings is 1. The summed E-state index contributed by atoms with van der Waals surface area (Å²) in [5, 5.41) is 11.7. The Morgan fingerprint density at radius 3 is 3.04 bits per heavy atom. The van der Waals surface area contributed by atoms with Gasteiger partial charge in [-0.3, -0.25) is 4.79 Å². The number of hydrogen-bond acceptors (Lipinski definition) is 4. The molecular weight excluding hydrogens is 299 g/mol. The number of furan rings is 1. The second-order valence-electron chi connectivity index (χ2n) is 5.37. The van der Waals surface area contributed by atoms with Crippen molar-refractivity contribution in [2.45, 2.75) is 25.8 Å². The molecule has 0 unspecified atom stereocenters. The number of ether oxygens (including phenoxy) is 1. The van der Waals surface area contributed by atoms with Crippen molar-refractivity contribution in [1.29, 1.82) is 5.26 Å². The maximum absolute atomic E-state index is 13.9. The highest BCUT2D eigenvalue weighted by molar-refractivity contribution is 5.95. The summed E-state index contributed by atoms with van der Waals surface area (Å²) in [7, 11) is 0. The SMILES string of the molecule is Cc1oc(C#N)cc1C(=O)N[C@H]1CCCOc2c(F)cccc21. The Labute approximate surface area is 132 Å². The van der Waals surface area contributed by atoms with Crippen molar-refractivity contribution < 1.29 is 18.3 Å². The molecule has 0 spiro atoms. The van der Waals surface area contributed by atoms with E-state index in [1.165, 1.54) is 12.1 Å². The number of amides is 1. The van der Waals surface area contributed by atoms with Crippen LogP contribution in [0.5, 0.6) is 5.75 Å². The lowest BCUT2D eigenvalue weighted by Crippen LogP contribution is -2.28. The number of hydrogen-bond donors (Lipinski definition) is 1. The van der Waals surface area contributed by atoms with Crippen molar-refractivity contribution in [1.82, 2.24) is 5.32 Å². The molecule has 5 nitrogen and oxygen atoms in total. The number of carbonyl (C=O) groups is 1. The Hall–Kier alpha value is -2.81. The zero-order chi connectivity index (χ0) is 16.4. The molecule has 1 N–H and O–H groups in total. The Bertz CT molecular complexity index is 792. The average molecular weight is 314 g/mol. The number of rotatable bonds is 2. The molecule has 0 bridgehead atoms. The predicted molar refractivity (Wildman–Crippen MR) is 79.5 cm³/mol. The molecule has 1 aliphatic rings. The fraction of sp³-hybridized carbons (Fsp3) is 0.294. The third kappa shape index (κ3) is 2.90. The zero-order valence-electron chi connectivity index (χ0n) is 12.6. The zero-order valence-corrected chi connectivity index (χ0v) is 12.6. The first-order chi connectivity index (χ1) is 11.1. The molecule has 1 aromatic heterocycles. The molecule has 0 saturated heterocycles. The molecule has 1 aliphatic heterocycles. The van der Waals surface area contributed by atoms with E-state index in [2.05, 4.69) is 5.32 Å². The molecule has 118 valence electrons. The summed E-state index contributed by atoms with van der Waals surface area (Å²) in [6, 6.07) is 7.60. The van der Waals surface area contributed by atoms with Crippen LogP contribution in [0.1, 0.15) is 46.3 Å². The van der Waals surface area contributed by atoms with Gasteiger partial charge in [0.25, 0.3) is 5.91 Å². The standard InChI is InChI=1S/C17H15FN2O3/c1-10-13(8-11(9-19)23-10)17(21)20-15-6-3-7-22-16-12(15)4-2-5-14(16)18/h2,4-5,8,15H,3,6-7H2,1H3,(H,20,21)/t15-/m0/s1. The van der Waals surface area contributed by atoms with Gasteiger partial charge < -0.3 is 14.5 Å². The maximum Gasteiger partial charge on any atom is 0.255 e. The van der Waals surface area contributed by atoms with Crippen LogP contribution in [-0.2, 0) is 0 Å². The summed E-state index contributed by atoms with van der Waals surface area (Å²) in [6.45, 7) is 2.03. The number of fused-ring (bicyclic) bond motifs is 1. The number of nitrogens with one attached hydrogen (secondary N) is 1. The van der Waals surface area contributed by atoms with Crippen molar-refractivity contribution in [3.8, 4) is 11.8 Å². The fourth-order valence-corrected chi connectivity index (χ4v) is 2.72. The van der Waals surface area contributed by atoms with Crippen LogP contribution in [0.4, 0.5) is 4.39 Å². The van der Waals surface area contributed by atoms with Gasteiger partial charge in [0.15, 0.2) is 11.6 Å². The van der Waals surface area contributed by atoms with Gasteiger partial charge in [-0.2, -0.15) is 5.26 Å². The van der Waals surface area contributed by atoms with E-state index in [0.717, 1.165) is 0 Å².